The van der Waals surface area contributed by atoms with Crippen molar-refractivity contribution in [3.8, 4) is 11.4 Å². The summed E-state index contributed by atoms with van der Waals surface area (Å²) >= 11 is 0. The van der Waals surface area contributed by atoms with Crippen molar-refractivity contribution < 1.29 is 4.74 Å². The lowest BCUT2D eigenvalue weighted by atomic mass is 9.51. The van der Waals surface area contributed by atoms with Crippen LogP contribution < -0.4 is 5.32 Å². The maximum Gasteiger partial charge on any atom is 0.181 e. The van der Waals surface area contributed by atoms with E-state index in [4.69, 9.17) is 4.74 Å². The summed E-state index contributed by atoms with van der Waals surface area (Å²) in [6.45, 7) is 2.91. The van der Waals surface area contributed by atoms with Crippen LogP contribution in [0.4, 0.5) is 5.69 Å². The van der Waals surface area contributed by atoms with Crippen molar-refractivity contribution in [1.82, 2.24) is 14.8 Å². The molecule has 23 heavy (non-hydrogen) atoms. The molecule has 0 aliphatic heterocycles. The Hall–Kier alpha value is -1.88. The maximum atomic E-state index is 5.94. The number of nitrogens with one attached hydrogen (secondary N) is 1. The minimum Gasteiger partial charge on any atom is -0.382 e. The van der Waals surface area contributed by atoms with E-state index in [0.29, 0.717) is 17.6 Å². The topological polar surface area (TPSA) is 52.0 Å². The number of hydrogen-bond acceptors (Lipinski definition) is 4. The van der Waals surface area contributed by atoms with E-state index in [1.807, 2.05) is 7.05 Å². The van der Waals surface area contributed by atoms with Gasteiger partial charge in [-0.05, 0) is 38.3 Å². The summed E-state index contributed by atoms with van der Waals surface area (Å²) in [7, 11) is 1.89. The highest BCUT2D eigenvalue weighted by Crippen LogP contribution is 2.58. The maximum absolute atomic E-state index is 5.94. The molecule has 0 radical (unpaired) electrons. The molecule has 2 atom stereocenters. The van der Waals surface area contributed by atoms with Crippen LogP contribution in [0.3, 0.4) is 0 Å². The van der Waals surface area contributed by atoms with Gasteiger partial charge in [0.1, 0.15) is 6.33 Å². The van der Waals surface area contributed by atoms with Crippen LogP contribution in [0.1, 0.15) is 32.6 Å². The SMILES string of the molecule is CCOC1CC(Nc2cccc(-c3ncn(C)n3)c2)C12CCC2. The molecule has 1 aromatic heterocycles. The smallest absolute Gasteiger partial charge is 0.181 e. The summed E-state index contributed by atoms with van der Waals surface area (Å²) in [6, 6.07) is 8.94. The zero-order valence-electron chi connectivity index (χ0n) is 13.8. The third kappa shape index (κ3) is 2.43. The molecule has 0 saturated heterocycles. The van der Waals surface area contributed by atoms with Crippen LogP contribution in [-0.2, 0) is 11.8 Å². The van der Waals surface area contributed by atoms with Crippen molar-refractivity contribution in [2.75, 3.05) is 11.9 Å². The third-order valence-corrected chi connectivity index (χ3v) is 5.50. The van der Waals surface area contributed by atoms with Gasteiger partial charge in [0.05, 0.1) is 6.10 Å². The van der Waals surface area contributed by atoms with E-state index in [9.17, 15) is 0 Å². The van der Waals surface area contributed by atoms with Crippen LogP contribution >= 0.6 is 0 Å². The first-order valence-corrected chi connectivity index (χ1v) is 8.55. The lowest BCUT2D eigenvalue weighted by molar-refractivity contribution is -0.157. The van der Waals surface area contributed by atoms with Crippen molar-refractivity contribution >= 4 is 5.69 Å². The lowest BCUT2D eigenvalue weighted by Gasteiger charge is -2.61. The highest BCUT2D eigenvalue weighted by Gasteiger charge is 2.58. The van der Waals surface area contributed by atoms with Crippen LogP contribution in [0.15, 0.2) is 30.6 Å². The van der Waals surface area contributed by atoms with Gasteiger partial charge in [0.2, 0.25) is 0 Å². The van der Waals surface area contributed by atoms with Gasteiger partial charge in [-0.3, -0.25) is 4.68 Å². The fraction of sp³-hybridized carbons (Fsp3) is 0.556. The fourth-order valence-electron chi connectivity index (χ4n) is 4.06. The summed E-state index contributed by atoms with van der Waals surface area (Å²) in [6.07, 6.45) is 7.20. The van der Waals surface area contributed by atoms with E-state index in [2.05, 4.69) is 46.6 Å². The van der Waals surface area contributed by atoms with Crippen molar-refractivity contribution in [2.24, 2.45) is 12.5 Å². The molecule has 1 spiro atoms. The Morgan fingerprint density at radius 2 is 2.26 bits per heavy atom. The summed E-state index contributed by atoms with van der Waals surface area (Å²) in [5.74, 6) is 0.773. The molecule has 5 heteroatoms. The highest BCUT2D eigenvalue weighted by atomic mass is 16.5. The van der Waals surface area contributed by atoms with Gasteiger partial charge in [-0.15, -0.1) is 0 Å². The molecule has 1 heterocycles. The predicted molar refractivity (Wildman–Crippen MR) is 90.2 cm³/mol. The molecule has 2 aromatic rings. The number of hydrogen-bond donors (Lipinski definition) is 1. The van der Waals surface area contributed by atoms with Gasteiger partial charge in [-0.25, -0.2) is 4.98 Å². The Kier molecular flexibility index (Phi) is 3.60. The van der Waals surface area contributed by atoms with E-state index >= 15 is 0 Å². The lowest BCUT2D eigenvalue weighted by Crippen LogP contribution is -2.64. The average molecular weight is 312 g/mol. The zero-order valence-corrected chi connectivity index (χ0v) is 13.8. The van der Waals surface area contributed by atoms with Gasteiger partial charge >= 0.3 is 0 Å². The number of nitrogens with zero attached hydrogens (tertiary/aromatic N) is 3. The van der Waals surface area contributed by atoms with E-state index < -0.39 is 0 Å². The molecule has 1 N–H and O–H groups in total. The molecule has 2 aliphatic carbocycles. The second-order valence-corrected chi connectivity index (χ2v) is 6.79. The standard InChI is InChI=1S/C18H24N4O/c1-3-23-16-11-15(18(16)8-5-9-18)20-14-7-4-6-13(10-14)17-19-12-22(2)21-17/h4,6-7,10,12,15-16,20H,3,5,8-9,11H2,1-2H3. The molecule has 5 nitrogen and oxygen atoms in total. The van der Waals surface area contributed by atoms with Gasteiger partial charge in [-0.1, -0.05) is 18.6 Å². The quantitative estimate of drug-likeness (QED) is 0.921. The van der Waals surface area contributed by atoms with Crippen LogP contribution in [0.25, 0.3) is 11.4 Å². The monoisotopic (exact) mass is 312 g/mol. The summed E-state index contributed by atoms with van der Waals surface area (Å²) in [5.41, 5.74) is 2.58. The molecule has 2 unspecified atom stereocenters. The summed E-state index contributed by atoms with van der Waals surface area (Å²) < 4.78 is 7.67. The average Bonchev–Trinajstić information content (AvgIpc) is 2.91. The van der Waals surface area contributed by atoms with Crippen molar-refractivity contribution in [3.63, 3.8) is 0 Å². The van der Waals surface area contributed by atoms with Crippen molar-refractivity contribution in [1.29, 1.82) is 0 Å². The van der Waals surface area contributed by atoms with Gasteiger partial charge in [0, 0.05) is 36.4 Å². The molecular weight excluding hydrogens is 288 g/mol. The molecule has 2 saturated carbocycles. The Morgan fingerprint density at radius 3 is 2.91 bits per heavy atom. The second kappa shape index (κ2) is 5.64. The molecule has 4 rings (SSSR count). The minimum atomic E-state index is 0.370. The van der Waals surface area contributed by atoms with E-state index in [1.165, 1.54) is 19.3 Å². The fourth-order valence-corrected chi connectivity index (χ4v) is 4.06. The normalized spacial score (nSPS) is 25.0. The molecular formula is C18H24N4O. The number of benzene rings is 1. The largest absolute Gasteiger partial charge is 0.382 e. The van der Waals surface area contributed by atoms with Gasteiger partial charge in [0.25, 0.3) is 0 Å². The van der Waals surface area contributed by atoms with Crippen molar-refractivity contribution in [2.45, 2.75) is 44.8 Å². The molecule has 0 bridgehead atoms. The third-order valence-electron chi connectivity index (χ3n) is 5.50. The van der Waals surface area contributed by atoms with Gasteiger partial charge in [-0.2, -0.15) is 5.10 Å². The highest BCUT2D eigenvalue weighted by molar-refractivity contribution is 5.62. The van der Waals surface area contributed by atoms with Gasteiger partial charge in [0.15, 0.2) is 5.82 Å². The minimum absolute atomic E-state index is 0.370. The number of aryl methyl sites for hydroxylation is 1. The second-order valence-electron chi connectivity index (χ2n) is 6.79. The summed E-state index contributed by atoms with van der Waals surface area (Å²) in [5, 5.41) is 8.12. The Labute approximate surface area is 137 Å². The first kappa shape index (κ1) is 14.7. The zero-order chi connectivity index (χ0) is 15.9. The first-order valence-electron chi connectivity index (χ1n) is 8.55. The van der Waals surface area contributed by atoms with E-state index in [-0.39, 0.29) is 0 Å². The number of rotatable bonds is 5. The van der Waals surface area contributed by atoms with Crippen LogP contribution in [0.2, 0.25) is 0 Å². The first-order chi connectivity index (χ1) is 11.2. The Bertz CT molecular complexity index is 692. The summed E-state index contributed by atoms with van der Waals surface area (Å²) in [4.78, 5) is 4.34. The predicted octanol–water partition coefficient (Wildman–Crippen LogP) is 3.24. The van der Waals surface area contributed by atoms with E-state index in [1.54, 1.807) is 11.0 Å². The number of anilines is 1. The molecule has 1 aromatic carbocycles. The molecule has 2 fully saturated rings. The number of ether oxygens (including phenoxy) is 1. The van der Waals surface area contributed by atoms with E-state index in [0.717, 1.165) is 30.1 Å². The number of aromatic nitrogens is 3. The van der Waals surface area contributed by atoms with Crippen molar-refractivity contribution in [3.05, 3.63) is 30.6 Å². The molecule has 122 valence electrons. The van der Waals surface area contributed by atoms with Crippen LogP contribution in [0, 0.1) is 5.41 Å². The van der Waals surface area contributed by atoms with Gasteiger partial charge < -0.3 is 10.1 Å². The Morgan fingerprint density at radius 1 is 1.39 bits per heavy atom. The Balaban J connectivity index is 1.49. The van der Waals surface area contributed by atoms with Crippen LogP contribution in [0.5, 0.6) is 0 Å². The molecule has 2 aliphatic rings. The van der Waals surface area contributed by atoms with Crippen LogP contribution in [-0.4, -0.2) is 33.5 Å². The molecule has 0 amide bonds.